The smallest absolute Gasteiger partial charge is 0.191 e. The fraction of sp³-hybridized carbons (Fsp3) is 0.647. The minimum absolute atomic E-state index is 0.512. The summed E-state index contributed by atoms with van der Waals surface area (Å²) < 4.78 is 0. The first-order chi connectivity index (χ1) is 11.2. The summed E-state index contributed by atoms with van der Waals surface area (Å²) in [4.78, 5) is 13.5. The first-order valence-electron chi connectivity index (χ1n) is 8.46. The molecule has 0 radical (unpaired) electrons. The van der Waals surface area contributed by atoms with Gasteiger partial charge >= 0.3 is 0 Å². The van der Waals surface area contributed by atoms with Crippen LogP contribution < -0.4 is 10.6 Å². The van der Waals surface area contributed by atoms with Gasteiger partial charge in [-0.05, 0) is 26.1 Å². The van der Waals surface area contributed by atoms with Crippen molar-refractivity contribution in [3.8, 4) is 0 Å². The van der Waals surface area contributed by atoms with E-state index in [9.17, 15) is 0 Å². The van der Waals surface area contributed by atoms with E-state index in [4.69, 9.17) is 0 Å². The molecule has 1 unspecified atom stereocenters. The Hall–Kier alpha value is -1.66. The largest absolute Gasteiger partial charge is 0.356 e. The van der Waals surface area contributed by atoms with Gasteiger partial charge in [0.2, 0.25) is 0 Å². The molecule has 6 nitrogen and oxygen atoms in total. The van der Waals surface area contributed by atoms with E-state index in [1.165, 1.54) is 0 Å². The third-order valence-electron chi connectivity index (χ3n) is 4.35. The van der Waals surface area contributed by atoms with Crippen LogP contribution >= 0.6 is 0 Å². The van der Waals surface area contributed by atoms with Gasteiger partial charge in [-0.15, -0.1) is 0 Å². The highest BCUT2D eigenvalue weighted by Crippen LogP contribution is 2.03. The first kappa shape index (κ1) is 17.7. The number of pyridine rings is 1. The zero-order chi connectivity index (χ0) is 16.5. The molecule has 1 fully saturated rings. The van der Waals surface area contributed by atoms with Crippen molar-refractivity contribution >= 4 is 5.96 Å². The normalized spacial score (nSPS) is 18.7. The molecule has 0 bridgehead atoms. The number of aromatic nitrogens is 1. The van der Waals surface area contributed by atoms with Crippen LogP contribution in [0.3, 0.4) is 0 Å². The van der Waals surface area contributed by atoms with Gasteiger partial charge in [0, 0.05) is 70.7 Å². The topological polar surface area (TPSA) is 55.8 Å². The molecule has 1 aliphatic heterocycles. The molecule has 0 amide bonds. The average molecular weight is 318 g/mol. The lowest BCUT2D eigenvalue weighted by Gasteiger charge is -2.36. The molecule has 1 aliphatic rings. The zero-order valence-electron chi connectivity index (χ0n) is 14.6. The number of rotatable bonds is 6. The second kappa shape index (κ2) is 9.47. The monoisotopic (exact) mass is 318 g/mol. The van der Waals surface area contributed by atoms with Crippen LogP contribution in [0.2, 0.25) is 0 Å². The molecule has 1 atom stereocenters. The van der Waals surface area contributed by atoms with Crippen molar-refractivity contribution in [1.29, 1.82) is 0 Å². The summed E-state index contributed by atoms with van der Waals surface area (Å²) in [5.41, 5.74) is 1.10. The van der Waals surface area contributed by atoms with Crippen molar-refractivity contribution in [2.75, 3.05) is 53.4 Å². The lowest BCUT2D eigenvalue weighted by atomic mass is 10.2. The molecule has 0 spiro atoms. The molecule has 128 valence electrons. The Balaban J connectivity index is 1.66. The second-order valence-corrected chi connectivity index (χ2v) is 6.14. The van der Waals surface area contributed by atoms with Gasteiger partial charge in [-0.1, -0.05) is 6.07 Å². The van der Waals surface area contributed by atoms with Crippen LogP contribution in [-0.2, 0) is 6.42 Å². The van der Waals surface area contributed by atoms with Gasteiger partial charge < -0.3 is 15.5 Å². The highest BCUT2D eigenvalue weighted by atomic mass is 15.3. The van der Waals surface area contributed by atoms with E-state index >= 15 is 0 Å². The van der Waals surface area contributed by atoms with Crippen LogP contribution in [0.15, 0.2) is 29.4 Å². The average Bonchev–Trinajstić information content (AvgIpc) is 2.59. The summed E-state index contributed by atoms with van der Waals surface area (Å²) in [6.45, 7) is 8.62. The van der Waals surface area contributed by atoms with Gasteiger partial charge in [0.1, 0.15) is 0 Å². The fourth-order valence-electron chi connectivity index (χ4n) is 2.71. The highest BCUT2D eigenvalue weighted by molar-refractivity contribution is 5.79. The molecule has 0 aromatic carbocycles. The van der Waals surface area contributed by atoms with E-state index in [0.717, 1.165) is 57.3 Å². The minimum atomic E-state index is 0.512. The number of piperazine rings is 1. The maximum absolute atomic E-state index is 4.33. The van der Waals surface area contributed by atoms with Gasteiger partial charge in [-0.2, -0.15) is 0 Å². The van der Waals surface area contributed by atoms with Crippen LogP contribution in [-0.4, -0.2) is 80.1 Å². The number of likely N-dealkylation sites (N-methyl/N-ethyl adjacent to an activating group) is 1. The molecular weight excluding hydrogens is 288 g/mol. The third-order valence-corrected chi connectivity index (χ3v) is 4.35. The van der Waals surface area contributed by atoms with Gasteiger partial charge in [0.15, 0.2) is 5.96 Å². The van der Waals surface area contributed by atoms with Crippen molar-refractivity contribution in [2.45, 2.75) is 19.4 Å². The first-order valence-corrected chi connectivity index (χ1v) is 8.46. The molecule has 2 N–H and O–H groups in total. The lowest BCUT2D eigenvalue weighted by Crippen LogP contribution is -2.52. The van der Waals surface area contributed by atoms with Crippen LogP contribution in [0.4, 0.5) is 0 Å². The predicted molar refractivity (Wildman–Crippen MR) is 95.8 cm³/mol. The second-order valence-electron chi connectivity index (χ2n) is 6.14. The van der Waals surface area contributed by atoms with E-state index in [2.05, 4.69) is 44.4 Å². The van der Waals surface area contributed by atoms with Crippen LogP contribution in [0, 0.1) is 0 Å². The Kier molecular flexibility index (Phi) is 7.29. The number of hydrogen-bond acceptors (Lipinski definition) is 4. The van der Waals surface area contributed by atoms with Crippen LogP contribution in [0.25, 0.3) is 0 Å². The lowest BCUT2D eigenvalue weighted by molar-refractivity contribution is 0.120. The number of nitrogens with one attached hydrogen (secondary N) is 2. The molecule has 2 rings (SSSR count). The Labute approximate surface area is 140 Å². The zero-order valence-corrected chi connectivity index (χ0v) is 14.6. The van der Waals surface area contributed by atoms with Crippen molar-refractivity contribution in [3.05, 3.63) is 30.1 Å². The number of hydrogen-bond donors (Lipinski definition) is 2. The third kappa shape index (κ3) is 6.15. The molecule has 2 heterocycles. The molecule has 1 saturated heterocycles. The molecule has 1 aromatic rings. The minimum Gasteiger partial charge on any atom is -0.356 e. The molecule has 6 heteroatoms. The molecule has 0 saturated carbocycles. The predicted octanol–water partition coefficient (Wildman–Crippen LogP) is 0.425. The summed E-state index contributed by atoms with van der Waals surface area (Å²) in [6, 6.07) is 6.52. The number of aliphatic imine (C=N–C) groups is 1. The van der Waals surface area contributed by atoms with E-state index in [1.54, 1.807) is 0 Å². The maximum Gasteiger partial charge on any atom is 0.191 e. The summed E-state index contributed by atoms with van der Waals surface area (Å²) in [5, 5.41) is 6.78. The Morgan fingerprint density at radius 1 is 1.26 bits per heavy atom. The van der Waals surface area contributed by atoms with E-state index in [1.807, 2.05) is 31.4 Å². The standard InChI is InChI=1S/C17H30N6/c1-15(23-12-10-22(3)11-13-23)14-21-17(18-2)20-9-7-16-6-4-5-8-19-16/h4-6,8,15H,7,9-14H2,1-3H3,(H2,18,20,21). The highest BCUT2D eigenvalue weighted by Gasteiger charge is 2.18. The van der Waals surface area contributed by atoms with E-state index in [0.29, 0.717) is 6.04 Å². The van der Waals surface area contributed by atoms with Crippen LogP contribution in [0.1, 0.15) is 12.6 Å². The van der Waals surface area contributed by atoms with Gasteiger partial charge in [-0.25, -0.2) is 0 Å². The SMILES string of the molecule is CN=C(NCCc1ccccn1)NCC(C)N1CCN(C)CC1. The maximum atomic E-state index is 4.33. The van der Waals surface area contributed by atoms with Gasteiger partial charge in [0.05, 0.1) is 0 Å². The van der Waals surface area contributed by atoms with E-state index in [-0.39, 0.29) is 0 Å². The Morgan fingerprint density at radius 2 is 2.04 bits per heavy atom. The van der Waals surface area contributed by atoms with E-state index < -0.39 is 0 Å². The summed E-state index contributed by atoms with van der Waals surface area (Å²) >= 11 is 0. The number of nitrogens with zero attached hydrogens (tertiary/aromatic N) is 4. The quantitative estimate of drug-likeness (QED) is 0.588. The Bertz CT molecular complexity index is 467. The van der Waals surface area contributed by atoms with Crippen molar-refractivity contribution < 1.29 is 0 Å². The molecule has 0 aliphatic carbocycles. The summed E-state index contributed by atoms with van der Waals surface area (Å²) in [5.74, 6) is 0.863. The van der Waals surface area contributed by atoms with Crippen molar-refractivity contribution in [2.24, 2.45) is 4.99 Å². The summed E-state index contributed by atoms with van der Waals surface area (Å²) in [6.07, 6.45) is 2.73. The Morgan fingerprint density at radius 3 is 2.70 bits per heavy atom. The number of guanidine groups is 1. The van der Waals surface area contributed by atoms with Crippen molar-refractivity contribution in [1.82, 2.24) is 25.4 Å². The van der Waals surface area contributed by atoms with Gasteiger partial charge in [-0.3, -0.25) is 14.9 Å². The molecule has 1 aromatic heterocycles. The fourth-order valence-corrected chi connectivity index (χ4v) is 2.71. The van der Waals surface area contributed by atoms with Crippen LogP contribution in [0.5, 0.6) is 0 Å². The van der Waals surface area contributed by atoms with Gasteiger partial charge in [0.25, 0.3) is 0 Å². The van der Waals surface area contributed by atoms with Crippen molar-refractivity contribution in [3.63, 3.8) is 0 Å². The molecular formula is C17H30N6. The summed E-state index contributed by atoms with van der Waals surface area (Å²) in [7, 11) is 4.00. The molecule has 23 heavy (non-hydrogen) atoms.